The van der Waals surface area contributed by atoms with Gasteiger partial charge in [0.25, 0.3) is 0 Å². The molecule has 0 heterocycles. The molecule has 0 rings (SSSR count). The minimum absolute atomic E-state index is 0.598. The Morgan fingerprint density at radius 1 is 1.05 bits per heavy atom. The normalized spacial score (nSPS) is 14.6. The van der Waals surface area contributed by atoms with Gasteiger partial charge in [-0.05, 0) is 53.0 Å². The topological polar surface area (TPSA) is 39.7 Å². The Kier molecular flexibility index (Phi) is 11.3. The molecule has 0 aliphatic rings. The van der Waals surface area contributed by atoms with Crippen molar-refractivity contribution in [2.45, 2.75) is 54.4 Å². The van der Waals surface area contributed by atoms with Gasteiger partial charge in [-0.3, -0.25) is 4.98 Å². The molecule has 0 fully saturated rings. The summed E-state index contributed by atoms with van der Waals surface area (Å²) in [5, 5.41) is 0. The third-order valence-corrected chi connectivity index (χ3v) is 6.03. The summed E-state index contributed by atoms with van der Waals surface area (Å²) in [6.45, 7) is 15.2. The van der Waals surface area contributed by atoms with E-state index >= 15 is 0 Å². The first-order chi connectivity index (χ1) is 9.55. The van der Waals surface area contributed by atoms with Crippen molar-refractivity contribution in [3.05, 3.63) is 11.6 Å². The second kappa shape index (κ2) is 11.5. The highest BCUT2D eigenvalue weighted by molar-refractivity contribution is 6.57. The van der Waals surface area contributed by atoms with Gasteiger partial charge in [0.15, 0.2) is 0 Å². The first-order valence-corrected chi connectivity index (χ1v) is 9.61. The number of hydrogen-bond donors (Lipinski definition) is 1. The Balaban J connectivity index is 4.38. The highest BCUT2D eigenvalue weighted by Crippen LogP contribution is 2.13. The molecule has 0 bridgehead atoms. The standard InChI is InChI=1S/C15H33NO3Si/c1-7-14(5)15(6)12-11-13-16-20(17-8-2,18-9-3)19-10-4/h12,14,16H,7-11,13H2,1-6H3. The summed E-state index contributed by atoms with van der Waals surface area (Å²) in [4.78, 5) is 3.38. The molecule has 0 amide bonds. The smallest absolute Gasteiger partial charge is 0.361 e. The minimum Gasteiger partial charge on any atom is -0.361 e. The lowest BCUT2D eigenvalue weighted by Crippen LogP contribution is -2.59. The summed E-state index contributed by atoms with van der Waals surface area (Å²) in [6.07, 6.45) is 4.45. The van der Waals surface area contributed by atoms with Gasteiger partial charge in [-0.1, -0.05) is 25.5 Å². The molecule has 0 spiro atoms. The van der Waals surface area contributed by atoms with Crippen LogP contribution in [0.25, 0.3) is 0 Å². The Bertz CT molecular complexity index is 255. The summed E-state index contributed by atoms with van der Waals surface area (Å²) >= 11 is 0. The van der Waals surface area contributed by atoms with Crippen LogP contribution in [0.2, 0.25) is 0 Å². The maximum absolute atomic E-state index is 5.75. The molecule has 1 atom stereocenters. The van der Waals surface area contributed by atoms with E-state index in [-0.39, 0.29) is 0 Å². The van der Waals surface area contributed by atoms with E-state index in [0.29, 0.717) is 25.7 Å². The monoisotopic (exact) mass is 303 g/mol. The first kappa shape index (κ1) is 19.8. The van der Waals surface area contributed by atoms with Crippen LogP contribution in [0.3, 0.4) is 0 Å². The molecule has 20 heavy (non-hydrogen) atoms. The van der Waals surface area contributed by atoms with E-state index in [4.69, 9.17) is 13.3 Å². The first-order valence-electron chi connectivity index (χ1n) is 7.88. The maximum atomic E-state index is 5.75. The zero-order valence-electron chi connectivity index (χ0n) is 14.1. The van der Waals surface area contributed by atoms with Crippen LogP contribution in [0, 0.1) is 5.92 Å². The lowest BCUT2D eigenvalue weighted by Gasteiger charge is -2.28. The van der Waals surface area contributed by atoms with E-state index in [1.807, 2.05) is 20.8 Å². The summed E-state index contributed by atoms with van der Waals surface area (Å²) in [6, 6.07) is 0. The molecule has 4 nitrogen and oxygen atoms in total. The van der Waals surface area contributed by atoms with Crippen LogP contribution in [0.5, 0.6) is 0 Å². The molecule has 0 aliphatic heterocycles. The molecule has 120 valence electrons. The molecule has 0 saturated carbocycles. The van der Waals surface area contributed by atoms with Gasteiger partial charge in [0.1, 0.15) is 0 Å². The second-order valence-corrected chi connectivity index (χ2v) is 7.16. The molecular weight excluding hydrogens is 270 g/mol. The van der Waals surface area contributed by atoms with E-state index in [1.165, 1.54) is 12.0 Å². The van der Waals surface area contributed by atoms with Crippen LogP contribution in [-0.2, 0) is 13.3 Å². The van der Waals surface area contributed by atoms with E-state index < -0.39 is 8.97 Å². The van der Waals surface area contributed by atoms with Crippen molar-refractivity contribution in [2.24, 2.45) is 5.92 Å². The third-order valence-electron chi connectivity index (χ3n) is 3.34. The van der Waals surface area contributed by atoms with Crippen LogP contribution in [0.15, 0.2) is 11.6 Å². The average molecular weight is 304 g/mol. The molecule has 0 saturated heterocycles. The lowest BCUT2D eigenvalue weighted by molar-refractivity contribution is 0.0602. The van der Waals surface area contributed by atoms with E-state index in [9.17, 15) is 0 Å². The van der Waals surface area contributed by atoms with Crippen molar-refractivity contribution in [1.29, 1.82) is 0 Å². The quantitative estimate of drug-likeness (QED) is 0.340. The van der Waals surface area contributed by atoms with Crippen LogP contribution >= 0.6 is 0 Å². The maximum Gasteiger partial charge on any atom is 0.596 e. The second-order valence-electron chi connectivity index (χ2n) is 4.83. The highest BCUT2D eigenvalue weighted by atomic mass is 28.4. The van der Waals surface area contributed by atoms with Gasteiger partial charge in [-0.25, -0.2) is 0 Å². The Morgan fingerprint density at radius 3 is 1.95 bits per heavy atom. The molecule has 0 aliphatic carbocycles. The Labute approximate surface area is 126 Å². The lowest BCUT2D eigenvalue weighted by atomic mass is 9.99. The molecule has 0 aromatic heterocycles. The van der Waals surface area contributed by atoms with E-state index in [1.54, 1.807) is 0 Å². The molecular formula is C15H33NO3Si. The van der Waals surface area contributed by atoms with Gasteiger partial charge < -0.3 is 13.3 Å². The van der Waals surface area contributed by atoms with Gasteiger partial charge in [0.2, 0.25) is 0 Å². The minimum atomic E-state index is -2.68. The number of nitrogens with one attached hydrogen (secondary N) is 1. The summed E-state index contributed by atoms with van der Waals surface area (Å²) < 4.78 is 17.2. The van der Waals surface area contributed by atoms with Crippen molar-refractivity contribution in [3.8, 4) is 0 Å². The fraction of sp³-hybridized carbons (Fsp3) is 0.867. The average Bonchev–Trinajstić information content (AvgIpc) is 2.43. The molecule has 0 aromatic rings. The van der Waals surface area contributed by atoms with Gasteiger partial charge >= 0.3 is 8.97 Å². The molecule has 0 aromatic carbocycles. The van der Waals surface area contributed by atoms with Crippen molar-refractivity contribution in [3.63, 3.8) is 0 Å². The van der Waals surface area contributed by atoms with Gasteiger partial charge in [-0.15, -0.1) is 0 Å². The van der Waals surface area contributed by atoms with Crippen LogP contribution < -0.4 is 4.98 Å². The predicted molar refractivity (Wildman–Crippen MR) is 86.5 cm³/mol. The molecule has 0 radical (unpaired) electrons. The van der Waals surface area contributed by atoms with E-state index in [2.05, 4.69) is 31.8 Å². The Hall–Kier alpha value is -0.203. The molecule has 1 unspecified atom stereocenters. The van der Waals surface area contributed by atoms with Crippen molar-refractivity contribution < 1.29 is 13.3 Å². The number of hydrogen-bond acceptors (Lipinski definition) is 4. The third kappa shape index (κ3) is 7.55. The van der Waals surface area contributed by atoms with Gasteiger partial charge in [-0.2, -0.15) is 0 Å². The van der Waals surface area contributed by atoms with Crippen LogP contribution in [0.1, 0.15) is 54.4 Å². The van der Waals surface area contributed by atoms with Gasteiger partial charge in [0.05, 0.1) is 0 Å². The summed E-state index contributed by atoms with van der Waals surface area (Å²) in [7, 11) is -2.68. The fourth-order valence-corrected chi connectivity index (χ4v) is 4.04. The van der Waals surface area contributed by atoms with Crippen molar-refractivity contribution in [2.75, 3.05) is 26.4 Å². The zero-order chi connectivity index (χ0) is 15.4. The summed E-state index contributed by atoms with van der Waals surface area (Å²) in [5.41, 5.74) is 1.45. The van der Waals surface area contributed by atoms with Crippen molar-refractivity contribution >= 4 is 8.97 Å². The van der Waals surface area contributed by atoms with Gasteiger partial charge in [0, 0.05) is 19.8 Å². The predicted octanol–water partition coefficient (Wildman–Crippen LogP) is 3.50. The Morgan fingerprint density at radius 2 is 1.55 bits per heavy atom. The number of rotatable bonds is 12. The van der Waals surface area contributed by atoms with Crippen LogP contribution in [0.4, 0.5) is 0 Å². The largest absolute Gasteiger partial charge is 0.596 e. The fourth-order valence-electron chi connectivity index (χ4n) is 1.90. The summed E-state index contributed by atoms with van der Waals surface area (Å²) in [5.74, 6) is 0.655. The van der Waals surface area contributed by atoms with Crippen molar-refractivity contribution in [1.82, 2.24) is 4.98 Å². The highest BCUT2D eigenvalue weighted by Gasteiger charge is 2.40. The molecule has 1 N–H and O–H groups in total. The van der Waals surface area contributed by atoms with E-state index in [0.717, 1.165) is 13.0 Å². The SMILES string of the molecule is CCO[Si](NCCC=C(C)C(C)CC)(OCC)OCC. The molecule has 5 heteroatoms. The zero-order valence-corrected chi connectivity index (χ0v) is 15.1. The van der Waals surface area contributed by atoms with Crippen LogP contribution in [-0.4, -0.2) is 35.3 Å². The number of allylic oxidation sites excluding steroid dienone is 1.